The van der Waals surface area contributed by atoms with Crippen LogP contribution in [0.4, 0.5) is 5.69 Å². The molecule has 1 aromatic rings. The summed E-state index contributed by atoms with van der Waals surface area (Å²) >= 11 is 0. The maximum atomic E-state index is 12.6. The number of nitrogens with one attached hydrogen (secondary N) is 1. The van der Waals surface area contributed by atoms with Crippen molar-refractivity contribution in [1.82, 2.24) is 0 Å². The molecule has 1 heterocycles. The van der Waals surface area contributed by atoms with Gasteiger partial charge in [-0.3, -0.25) is 9.59 Å². The Hall–Kier alpha value is -2.37. The van der Waals surface area contributed by atoms with E-state index in [1.165, 1.54) is 6.07 Å². The van der Waals surface area contributed by atoms with E-state index >= 15 is 0 Å². The van der Waals surface area contributed by atoms with E-state index in [-0.39, 0.29) is 47.0 Å². The molecule has 1 aromatic carbocycles. The summed E-state index contributed by atoms with van der Waals surface area (Å²) in [5.74, 6) is -2.10. The SMILES string of the molecule is O=C(O)c1ccccc1NC(=O)[C@@H]1[C@H]2C[C@H]3[C@H]1C(=O)O[C@H]3C2. The lowest BCUT2D eigenvalue weighted by atomic mass is 9.79. The topological polar surface area (TPSA) is 92.7 Å². The minimum absolute atomic E-state index is 0.0159. The Morgan fingerprint density at radius 3 is 2.77 bits per heavy atom. The molecule has 2 bridgehead atoms. The van der Waals surface area contributed by atoms with Crippen LogP contribution in [0.15, 0.2) is 24.3 Å². The Bertz CT molecular complexity index is 683. The highest BCUT2D eigenvalue weighted by Gasteiger charge is 2.63. The minimum atomic E-state index is -1.09. The third-order valence-electron chi connectivity index (χ3n) is 5.20. The van der Waals surface area contributed by atoms with Crippen molar-refractivity contribution < 1.29 is 24.2 Å². The summed E-state index contributed by atoms with van der Waals surface area (Å²) in [6, 6.07) is 6.28. The number of carboxylic acid groups (broad SMARTS) is 1. The van der Waals surface area contributed by atoms with Gasteiger partial charge in [0.1, 0.15) is 6.10 Å². The first-order chi connectivity index (χ1) is 10.6. The van der Waals surface area contributed by atoms with Crippen LogP contribution in [0.1, 0.15) is 23.2 Å². The Morgan fingerprint density at radius 2 is 2.00 bits per heavy atom. The smallest absolute Gasteiger partial charge is 0.337 e. The molecule has 0 radical (unpaired) electrons. The molecule has 2 aliphatic carbocycles. The average Bonchev–Trinajstić information content (AvgIpc) is 3.08. The van der Waals surface area contributed by atoms with Gasteiger partial charge in [-0.25, -0.2) is 4.79 Å². The summed E-state index contributed by atoms with van der Waals surface area (Å²) in [6.07, 6.45) is 1.57. The summed E-state index contributed by atoms with van der Waals surface area (Å²) in [4.78, 5) is 35.7. The molecule has 1 amide bonds. The molecule has 0 unspecified atom stereocenters. The maximum Gasteiger partial charge on any atom is 0.337 e. The first-order valence-corrected chi connectivity index (χ1v) is 7.40. The summed E-state index contributed by atoms with van der Waals surface area (Å²) in [5.41, 5.74) is 0.316. The number of fused-ring (bicyclic) bond motifs is 1. The number of carbonyl (C=O) groups excluding carboxylic acids is 2. The quantitative estimate of drug-likeness (QED) is 0.826. The van der Waals surface area contributed by atoms with Gasteiger partial charge in [0.2, 0.25) is 5.91 Å². The zero-order valence-electron chi connectivity index (χ0n) is 11.7. The van der Waals surface area contributed by atoms with Crippen LogP contribution < -0.4 is 5.32 Å². The molecule has 0 spiro atoms. The normalized spacial score (nSPS) is 34.5. The van der Waals surface area contributed by atoms with Crippen molar-refractivity contribution in [2.45, 2.75) is 18.9 Å². The van der Waals surface area contributed by atoms with Gasteiger partial charge in [-0.05, 0) is 30.9 Å². The molecule has 2 N–H and O–H groups in total. The highest BCUT2D eigenvalue weighted by atomic mass is 16.6. The molecule has 4 rings (SSSR count). The first kappa shape index (κ1) is 13.3. The van der Waals surface area contributed by atoms with Crippen LogP contribution in [-0.4, -0.2) is 29.1 Å². The van der Waals surface area contributed by atoms with E-state index in [1.807, 2.05) is 0 Å². The van der Waals surface area contributed by atoms with Crippen molar-refractivity contribution in [3.8, 4) is 0 Å². The first-order valence-electron chi connectivity index (χ1n) is 7.40. The zero-order valence-corrected chi connectivity index (χ0v) is 11.7. The minimum Gasteiger partial charge on any atom is -0.478 e. The fraction of sp³-hybridized carbons (Fsp3) is 0.438. The molecule has 2 saturated carbocycles. The molecule has 3 aliphatic rings. The average molecular weight is 301 g/mol. The Kier molecular flexibility index (Phi) is 2.76. The number of rotatable bonds is 3. The third-order valence-corrected chi connectivity index (χ3v) is 5.20. The lowest BCUT2D eigenvalue weighted by Gasteiger charge is -2.23. The van der Waals surface area contributed by atoms with Crippen LogP contribution in [0.5, 0.6) is 0 Å². The number of anilines is 1. The van der Waals surface area contributed by atoms with Crippen LogP contribution in [0.25, 0.3) is 0 Å². The summed E-state index contributed by atoms with van der Waals surface area (Å²) in [7, 11) is 0. The van der Waals surface area contributed by atoms with E-state index in [9.17, 15) is 19.5 Å². The number of hydrogen-bond donors (Lipinski definition) is 2. The molecular formula is C16H15NO5. The van der Waals surface area contributed by atoms with Gasteiger partial charge < -0.3 is 15.2 Å². The van der Waals surface area contributed by atoms with Crippen LogP contribution in [-0.2, 0) is 14.3 Å². The number of ether oxygens (including phenoxy) is 1. The summed E-state index contributed by atoms with van der Waals surface area (Å²) in [6.45, 7) is 0. The molecule has 0 aromatic heterocycles. The standard InChI is InChI=1S/C16H15NO5/c18-14(17-10-4-2-1-3-8(10)15(19)20)12-7-5-9-11(6-7)22-16(21)13(9)12/h1-4,7,9,11-13H,5-6H2,(H,17,18)(H,19,20)/t7-,9+,11-,12+,13+/m0/s1. The molecule has 114 valence electrons. The van der Waals surface area contributed by atoms with Crippen LogP contribution >= 0.6 is 0 Å². The van der Waals surface area contributed by atoms with Gasteiger partial charge in [0.15, 0.2) is 0 Å². The molecule has 6 nitrogen and oxygen atoms in total. The van der Waals surface area contributed by atoms with Crippen molar-refractivity contribution in [1.29, 1.82) is 0 Å². The van der Waals surface area contributed by atoms with E-state index in [0.717, 1.165) is 12.8 Å². The van der Waals surface area contributed by atoms with Crippen molar-refractivity contribution in [3.63, 3.8) is 0 Å². The van der Waals surface area contributed by atoms with E-state index in [4.69, 9.17) is 4.74 Å². The fourth-order valence-electron chi connectivity index (χ4n) is 4.36. The second kappa shape index (κ2) is 4.56. The number of aromatic carboxylic acids is 1. The van der Waals surface area contributed by atoms with Gasteiger partial charge in [0.05, 0.1) is 23.1 Å². The lowest BCUT2D eigenvalue weighted by molar-refractivity contribution is -0.145. The van der Waals surface area contributed by atoms with E-state index in [1.54, 1.807) is 18.2 Å². The number of carbonyl (C=O) groups is 3. The van der Waals surface area contributed by atoms with E-state index in [2.05, 4.69) is 5.32 Å². The number of esters is 1. The Labute approximate surface area is 126 Å². The van der Waals surface area contributed by atoms with E-state index in [0.29, 0.717) is 0 Å². The lowest BCUT2D eigenvalue weighted by Crippen LogP contribution is -2.36. The van der Waals surface area contributed by atoms with Gasteiger partial charge in [-0.15, -0.1) is 0 Å². The van der Waals surface area contributed by atoms with Crippen molar-refractivity contribution in [2.75, 3.05) is 5.32 Å². The summed E-state index contributed by atoms with van der Waals surface area (Å²) in [5, 5.41) is 11.9. The number of amides is 1. The highest BCUT2D eigenvalue weighted by molar-refractivity contribution is 6.02. The van der Waals surface area contributed by atoms with Crippen LogP contribution in [0.2, 0.25) is 0 Å². The monoisotopic (exact) mass is 301 g/mol. The zero-order chi connectivity index (χ0) is 15.4. The van der Waals surface area contributed by atoms with Gasteiger partial charge in [0.25, 0.3) is 0 Å². The van der Waals surface area contributed by atoms with Crippen molar-refractivity contribution >= 4 is 23.5 Å². The van der Waals surface area contributed by atoms with Crippen LogP contribution in [0.3, 0.4) is 0 Å². The maximum absolute atomic E-state index is 12.6. The van der Waals surface area contributed by atoms with Gasteiger partial charge >= 0.3 is 11.9 Å². The second-order valence-corrected chi connectivity index (χ2v) is 6.26. The molecule has 1 saturated heterocycles. The second-order valence-electron chi connectivity index (χ2n) is 6.26. The van der Waals surface area contributed by atoms with Crippen molar-refractivity contribution in [2.24, 2.45) is 23.7 Å². The Morgan fingerprint density at radius 1 is 1.23 bits per heavy atom. The predicted octanol–water partition coefficient (Wildman–Crippen LogP) is 1.52. The summed E-state index contributed by atoms with van der Waals surface area (Å²) < 4.78 is 5.32. The Balaban J connectivity index is 1.59. The molecule has 1 aliphatic heterocycles. The molecule has 6 heteroatoms. The largest absolute Gasteiger partial charge is 0.478 e. The molecule has 3 fully saturated rings. The molecule has 5 atom stereocenters. The number of carboxylic acids is 1. The van der Waals surface area contributed by atoms with E-state index < -0.39 is 11.9 Å². The number of para-hydroxylation sites is 1. The van der Waals surface area contributed by atoms with Crippen molar-refractivity contribution in [3.05, 3.63) is 29.8 Å². The number of hydrogen-bond acceptors (Lipinski definition) is 4. The molecular weight excluding hydrogens is 286 g/mol. The van der Waals surface area contributed by atoms with Crippen LogP contribution in [0, 0.1) is 23.7 Å². The number of benzene rings is 1. The highest BCUT2D eigenvalue weighted by Crippen LogP contribution is 2.57. The fourth-order valence-corrected chi connectivity index (χ4v) is 4.36. The third kappa shape index (κ3) is 1.76. The molecule has 22 heavy (non-hydrogen) atoms. The van der Waals surface area contributed by atoms with Gasteiger partial charge in [0, 0.05) is 5.92 Å². The predicted molar refractivity (Wildman–Crippen MR) is 75.1 cm³/mol. The van der Waals surface area contributed by atoms with Gasteiger partial charge in [-0.2, -0.15) is 0 Å². The van der Waals surface area contributed by atoms with Gasteiger partial charge in [-0.1, -0.05) is 12.1 Å².